The topological polar surface area (TPSA) is 109 Å². The summed E-state index contributed by atoms with van der Waals surface area (Å²) in [5.74, 6) is -0.259. The van der Waals surface area contributed by atoms with E-state index in [0.29, 0.717) is 10.1 Å². The third kappa shape index (κ3) is 2.96. The number of aromatic amines is 1. The van der Waals surface area contributed by atoms with Crippen molar-refractivity contribution in [3.8, 4) is 0 Å². The first kappa shape index (κ1) is 14.2. The third-order valence-electron chi connectivity index (χ3n) is 3.12. The summed E-state index contributed by atoms with van der Waals surface area (Å²) in [5.41, 5.74) is 10.9. The van der Waals surface area contributed by atoms with Crippen LogP contribution in [0.2, 0.25) is 0 Å². The van der Waals surface area contributed by atoms with Crippen LogP contribution >= 0.6 is 11.3 Å². The van der Waals surface area contributed by atoms with Crippen molar-refractivity contribution in [2.24, 2.45) is 5.10 Å². The van der Waals surface area contributed by atoms with Crippen LogP contribution in [-0.2, 0) is 11.2 Å². The molecule has 22 heavy (non-hydrogen) atoms. The van der Waals surface area contributed by atoms with Gasteiger partial charge in [-0.2, -0.15) is 5.10 Å². The number of hydrazone groups is 1. The number of carbonyl (C=O) groups excluding carboxylic acids is 1. The van der Waals surface area contributed by atoms with E-state index in [4.69, 9.17) is 5.73 Å². The van der Waals surface area contributed by atoms with Gasteiger partial charge in [0.25, 0.3) is 0 Å². The maximum atomic E-state index is 11.8. The summed E-state index contributed by atoms with van der Waals surface area (Å²) in [6.07, 6.45) is 1.75. The molecular weight excluding hydrogens is 300 g/mol. The van der Waals surface area contributed by atoms with Crippen LogP contribution in [-0.4, -0.2) is 27.3 Å². The highest BCUT2D eigenvalue weighted by Crippen LogP contribution is 2.19. The first-order valence-corrected chi connectivity index (χ1v) is 7.42. The van der Waals surface area contributed by atoms with E-state index >= 15 is 0 Å². The van der Waals surface area contributed by atoms with E-state index in [9.17, 15) is 4.79 Å². The molecule has 0 unspecified atom stereocenters. The van der Waals surface area contributed by atoms with Crippen molar-refractivity contribution >= 4 is 39.5 Å². The van der Waals surface area contributed by atoms with Crippen molar-refractivity contribution < 1.29 is 4.79 Å². The van der Waals surface area contributed by atoms with E-state index in [1.54, 1.807) is 6.21 Å². The van der Waals surface area contributed by atoms with Gasteiger partial charge >= 0.3 is 0 Å². The molecule has 112 valence electrons. The molecule has 0 atom stereocenters. The predicted molar refractivity (Wildman–Crippen MR) is 86.8 cm³/mol. The average molecular weight is 314 g/mol. The summed E-state index contributed by atoms with van der Waals surface area (Å²) in [6.45, 7) is 1.97. The molecule has 3 aromatic rings. The Morgan fingerprint density at radius 2 is 2.27 bits per heavy atom. The summed E-state index contributed by atoms with van der Waals surface area (Å²) in [7, 11) is 0. The highest BCUT2D eigenvalue weighted by molar-refractivity contribution is 7.15. The molecule has 0 aliphatic carbocycles. The fraction of sp³-hybridized carbons (Fsp3) is 0.143. The predicted octanol–water partition coefficient (Wildman–Crippen LogP) is 1.60. The number of carbonyl (C=O) groups is 1. The Hall–Kier alpha value is -2.74. The molecule has 1 amide bonds. The van der Waals surface area contributed by atoms with Crippen LogP contribution in [0, 0.1) is 6.92 Å². The van der Waals surface area contributed by atoms with Crippen molar-refractivity contribution in [3.63, 3.8) is 0 Å². The highest BCUT2D eigenvalue weighted by Gasteiger charge is 2.08. The number of nitrogen functional groups attached to an aromatic ring is 1. The third-order valence-corrected chi connectivity index (χ3v) is 3.87. The number of benzene rings is 1. The maximum Gasteiger partial charge on any atom is 0.247 e. The summed E-state index contributed by atoms with van der Waals surface area (Å²) >= 11 is 1.19. The molecule has 0 aliphatic heterocycles. The normalized spacial score (nSPS) is 11.3. The lowest BCUT2D eigenvalue weighted by molar-refractivity contribution is -0.120. The zero-order chi connectivity index (χ0) is 15.5. The van der Waals surface area contributed by atoms with Crippen molar-refractivity contribution in [3.05, 3.63) is 40.5 Å². The van der Waals surface area contributed by atoms with E-state index < -0.39 is 0 Å². The van der Waals surface area contributed by atoms with Crippen molar-refractivity contribution in [1.82, 2.24) is 20.6 Å². The Kier molecular flexibility index (Phi) is 3.84. The van der Waals surface area contributed by atoms with Gasteiger partial charge in [-0.3, -0.25) is 4.79 Å². The first-order valence-electron chi connectivity index (χ1n) is 6.60. The van der Waals surface area contributed by atoms with Crippen molar-refractivity contribution in [1.29, 1.82) is 0 Å². The second-order valence-electron chi connectivity index (χ2n) is 4.71. The van der Waals surface area contributed by atoms with Gasteiger partial charge in [0.05, 0.1) is 12.6 Å². The number of nitrogens with one attached hydrogen (secondary N) is 2. The fourth-order valence-electron chi connectivity index (χ4n) is 2.15. The van der Waals surface area contributed by atoms with Crippen LogP contribution in [0.3, 0.4) is 0 Å². The molecule has 3 rings (SSSR count). The summed E-state index contributed by atoms with van der Waals surface area (Å²) < 4.78 is 0. The second-order valence-corrected chi connectivity index (χ2v) is 5.81. The van der Waals surface area contributed by atoms with Crippen LogP contribution in [0.15, 0.2) is 29.4 Å². The lowest BCUT2D eigenvalue weighted by atomic mass is 10.1. The minimum Gasteiger partial charge on any atom is -0.374 e. The molecule has 0 bridgehead atoms. The summed E-state index contributed by atoms with van der Waals surface area (Å²) in [6, 6.07) is 7.93. The minimum absolute atomic E-state index is 0.110. The number of H-pyrrole nitrogens is 1. The Bertz CT molecular complexity index is 850. The van der Waals surface area contributed by atoms with Crippen LogP contribution < -0.4 is 11.2 Å². The van der Waals surface area contributed by atoms with Gasteiger partial charge in [-0.05, 0) is 13.0 Å². The number of rotatable bonds is 4. The van der Waals surface area contributed by atoms with Gasteiger partial charge < -0.3 is 10.7 Å². The van der Waals surface area contributed by atoms with E-state index in [-0.39, 0.29) is 12.3 Å². The molecule has 7 nitrogen and oxygen atoms in total. The number of hydrogen-bond donors (Lipinski definition) is 3. The number of fused-ring (bicyclic) bond motifs is 1. The number of nitrogens with zero attached hydrogens (tertiary/aromatic N) is 3. The lowest BCUT2D eigenvalue weighted by Crippen LogP contribution is -2.19. The molecule has 1 aromatic carbocycles. The number of hydrogen-bond acceptors (Lipinski definition) is 6. The van der Waals surface area contributed by atoms with Gasteiger partial charge in [-0.25, -0.2) is 5.43 Å². The fourth-order valence-corrected chi connectivity index (χ4v) is 2.76. The molecule has 0 spiro atoms. The molecule has 0 fully saturated rings. The molecule has 0 radical (unpaired) electrons. The number of aromatic nitrogens is 3. The Morgan fingerprint density at radius 3 is 3.05 bits per heavy atom. The molecule has 2 aromatic heterocycles. The quantitative estimate of drug-likeness (QED) is 0.502. The number of anilines is 1. The van der Waals surface area contributed by atoms with Crippen molar-refractivity contribution in [2.75, 3.05) is 5.73 Å². The van der Waals surface area contributed by atoms with Crippen LogP contribution in [0.25, 0.3) is 10.9 Å². The number of aryl methyl sites for hydroxylation is 1. The molecular formula is C14H14N6OS. The summed E-state index contributed by atoms with van der Waals surface area (Å²) in [5, 5.41) is 13.4. The molecule has 0 aliphatic rings. The van der Waals surface area contributed by atoms with E-state index in [2.05, 4.69) is 25.7 Å². The zero-order valence-corrected chi connectivity index (χ0v) is 12.6. The van der Waals surface area contributed by atoms with Crippen molar-refractivity contribution in [2.45, 2.75) is 13.3 Å². The van der Waals surface area contributed by atoms with E-state index in [0.717, 1.165) is 22.2 Å². The van der Waals surface area contributed by atoms with E-state index in [1.807, 2.05) is 31.2 Å². The summed E-state index contributed by atoms with van der Waals surface area (Å²) in [4.78, 5) is 15.0. The average Bonchev–Trinajstić information content (AvgIpc) is 3.03. The maximum absolute atomic E-state index is 11.8. The number of para-hydroxylation sites is 1. The SMILES string of the molecule is Cc1[nH]c2ccccc2c1/C=N/NC(=O)Cc1nnc(N)s1. The van der Waals surface area contributed by atoms with Crippen LogP contribution in [0.5, 0.6) is 0 Å². The smallest absolute Gasteiger partial charge is 0.247 e. The molecule has 2 heterocycles. The highest BCUT2D eigenvalue weighted by atomic mass is 32.1. The van der Waals surface area contributed by atoms with E-state index in [1.165, 1.54) is 11.3 Å². The lowest BCUT2D eigenvalue weighted by Gasteiger charge is -1.96. The standard InChI is InChI=1S/C14H14N6OS/c1-8-10(9-4-2-3-5-11(9)17-8)7-16-18-12(21)6-13-19-20-14(15)22-13/h2-5,7,17H,6H2,1H3,(H2,15,20)(H,18,21)/b16-7+. The Labute approximate surface area is 130 Å². The van der Waals surface area contributed by atoms with Gasteiger partial charge in [0.1, 0.15) is 5.01 Å². The van der Waals surface area contributed by atoms with Gasteiger partial charge in [0.2, 0.25) is 11.0 Å². The van der Waals surface area contributed by atoms with Gasteiger partial charge in [-0.1, -0.05) is 29.5 Å². The molecule has 0 saturated carbocycles. The Balaban J connectivity index is 1.68. The molecule has 0 saturated heterocycles. The first-order chi connectivity index (χ1) is 10.6. The zero-order valence-electron chi connectivity index (χ0n) is 11.8. The largest absolute Gasteiger partial charge is 0.374 e. The Morgan fingerprint density at radius 1 is 1.45 bits per heavy atom. The van der Waals surface area contributed by atoms with Gasteiger partial charge in [0, 0.05) is 22.2 Å². The number of amides is 1. The monoisotopic (exact) mass is 314 g/mol. The molecule has 4 N–H and O–H groups in total. The van der Waals surface area contributed by atoms with Crippen LogP contribution in [0.1, 0.15) is 16.3 Å². The van der Waals surface area contributed by atoms with Gasteiger partial charge in [-0.15, -0.1) is 10.2 Å². The van der Waals surface area contributed by atoms with Crippen LogP contribution in [0.4, 0.5) is 5.13 Å². The second kappa shape index (κ2) is 5.94. The van der Waals surface area contributed by atoms with Gasteiger partial charge in [0.15, 0.2) is 0 Å². The minimum atomic E-state index is -0.259. The number of nitrogens with two attached hydrogens (primary N) is 1. The molecule has 8 heteroatoms.